The number of fused-ring (bicyclic) bond motifs is 1. The summed E-state index contributed by atoms with van der Waals surface area (Å²) in [6.45, 7) is 1.52. The van der Waals surface area contributed by atoms with E-state index in [1.165, 1.54) is 11.1 Å². The van der Waals surface area contributed by atoms with Crippen molar-refractivity contribution in [3.8, 4) is 5.75 Å². The third kappa shape index (κ3) is 3.22. The predicted octanol–water partition coefficient (Wildman–Crippen LogP) is 4.14. The van der Waals surface area contributed by atoms with Gasteiger partial charge in [-0.2, -0.15) is 0 Å². The maximum absolute atomic E-state index is 6.62. The third-order valence-corrected chi connectivity index (χ3v) is 4.38. The smallest absolute Gasteiger partial charge is 0.122 e. The van der Waals surface area contributed by atoms with Crippen molar-refractivity contribution in [2.24, 2.45) is 0 Å². The minimum atomic E-state index is -0.118. The highest BCUT2D eigenvalue weighted by Gasteiger charge is 2.16. The average molecular weight is 303 g/mol. The lowest BCUT2D eigenvalue weighted by Gasteiger charge is -2.12. The molecule has 0 spiro atoms. The van der Waals surface area contributed by atoms with Gasteiger partial charge in [-0.25, -0.2) is 0 Å². The van der Waals surface area contributed by atoms with E-state index in [-0.39, 0.29) is 5.38 Å². The first-order valence-electron chi connectivity index (χ1n) is 7.25. The molecule has 0 bridgehead atoms. The molecular formula is C18H19ClO2. The van der Waals surface area contributed by atoms with Crippen LogP contribution in [-0.4, -0.2) is 20.3 Å². The molecule has 2 nitrogen and oxygen atoms in total. The van der Waals surface area contributed by atoms with Crippen molar-refractivity contribution >= 4 is 11.6 Å². The van der Waals surface area contributed by atoms with Crippen molar-refractivity contribution in [2.45, 2.75) is 18.2 Å². The molecule has 3 heteroatoms. The first-order chi connectivity index (χ1) is 10.3. The Morgan fingerprint density at radius 1 is 1.14 bits per heavy atom. The first kappa shape index (κ1) is 14.4. The summed E-state index contributed by atoms with van der Waals surface area (Å²) >= 11 is 6.62. The minimum Gasteiger partial charge on any atom is -0.493 e. The molecule has 0 saturated carbocycles. The van der Waals surface area contributed by atoms with Crippen LogP contribution in [0.25, 0.3) is 0 Å². The van der Waals surface area contributed by atoms with Crippen LogP contribution < -0.4 is 4.74 Å². The summed E-state index contributed by atoms with van der Waals surface area (Å²) in [6.07, 6.45) is 1.91. The zero-order valence-corrected chi connectivity index (χ0v) is 12.9. The van der Waals surface area contributed by atoms with Crippen LogP contribution in [0.3, 0.4) is 0 Å². The molecule has 2 aromatic rings. The number of ether oxygens (including phenoxy) is 2. The van der Waals surface area contributed by atoms with Gasteiger partial charge in [0.15, 0.2) is 0 Å². The lowest BCUT2D eigenvalue weighted by atomic mass is 10.00. The second-order valence-electron chi connectivity index (χ2n) is 5.31. The van der Waals surface area contributed by atoms with Gasteiger partial charge >= 0.3 is 0 Å². The van der Waals surface area contributed by atoms with Crippen LogP contribution in [0, 0.1) is 0 Å². The van der Waals surface area contributed by atoms with E-state index in [0.29, 0.717) is 0 Å². The number of methoxy groups -OCH3 is 1. The highest BCUT2D eigenvalue weighted by molar-refractivity contribution is 6.22. The quantitative estimate of drug-likeness (QED) is 0.773. The first-order valence-corrected chi connectivity index (χ1v) is 7.69. The molecule has 0 N–H and O–H groups in total. The van der Waals surface area contributed by atoms with E-state index in [2.05, 4.69) is 36.4 Å². The molecule has 3 rings (SSSR count). The molecule has 0 radical (unpaired) electrons. The summed E-state index contributed by atoms with van der Waals surface area (Å²) < 4.78 is 10.6. The molecule has 0 aromatic heterocycles. The Labute approximate surface area is 130 Å². The standard InChI is InChI=1S/C18H19ClO2/c1-20-10-8-13-2-4-14(5-3-13)18(19)16-6-7-17-15(12-16)9-11-21-17/h2-7,12,18H,8-11H2,1H3. The summed E-state index contributed by atoms with van der Waals surface area (Å²) in [6, 6.07) is 14.7. The minimum absolute atomic E-state index is 0.118. The summed E-state index contributed by atoms with van der Waals surface area (Å²) in [5.74, 6) is 0.998. The fourth-order valence-electron chi connectivity index (χ4n) is 2.63. The Morgan fingerprint density at radius 2 is 1.90 bits per heavy atom. The summed E-state index contributed by atoms with van der Waals surface area (Å²) in [5.41, 5.74) is 4.78. The maximum Gasteiger partial charge on any atom is 0.122 e. The fourth-order valence-corrected chi connectivity index (χ4v) is 2.91. The average Bonchev–Trinajstić information content (AvgIpc) is 3.00. The van der Waals surface area contributed by atoms with Crippen LogP contribution in [0.15, 0.2) is 42.5 Å². The van der Waals surface area contributed by atoms with Crippen LogP contribution in [0.5, 0.6) is 5.75 Å². The molecule has 0 amide bonds. The Hall–Kier alpha value is -1.51. The molecule has 1 aliphatic heterocycles. The van der Waals surface area contributed by atoms with Gasteiger partial charge in [0.05, 0.1) is 18.6 Å². The monoisotopic (exact) mass is 302 g/mol. The largest absolute Gasteiger partial charge is 0.493 e. The highest BCUT2D eigenvalue weighted by Crippen LogP contribution is 2.34. The fraction of sp³-hybridized carbons (Fsp3) is 0.333. The Balaban J connectivity index is 1.76. The highest BCUT2D eigenvalue weighted by atomic mass is 35.5. The van der Waals surface area contributed by atoms with E-state index < -0.39 is 0 Å². The third-order valence-electron chi connectivity index (χ3n) is 3.87. The van der Waals surface area contributed by atoms with E-state index in [1.807, 2.05) is 6.07 Å². The Bertz CT molecular complexity index is 607. The predicted molar refractivity (Wildman–Crippen MR) is 85.4 cm³/mol. The van der Waals surface area contributed by atoms with E-state index >= 15 is 0 Å². The number of alkyl halides is 1. The zero-order valence-electron chi connectivity index (χ0n) is 12.1. The van der Waals surface area contributed by atoms with Crippen molar-refractivity contribution in [3.63, 3.8) is 0 Å². The van der Waals surface area contributed by atoms with Gasteiger partial charge in [-0.1, -0.05) is 36.4 Å². The second kappa shape index (κ2) is 6.50. The van der Waals surface area contributed by atoms with Crippen molar-refractivity contribution < 1.29 is 9.47 Å². The molecule has 110 valence electrons. The molecule has 1 aliphatic rings. The number of benzene rings is 2. The van der Waals surface area contributed by atoms with Crippen molar-refractivity contribution in [2.75, 3.05) is 20.3 Å². The van der Waals surface area contributed by atoms with E-state index in [1.54, 1.807) is 7.11 Å². The maximum atomic E-state index is 6.62. The summed E-state index contributed by atoms with van der Waals surface area (Å²) in [7, 11) is 1.72. The van der Waals surface area contributed by atoms with Crippen LogP contribution in [0.4, 0.5) is 0 Å². The van der Waals surface area contributed by atoms with Crippen molar-refractivity contribution in [1.82, 2.24) is 0 Å². The molecular weight excluding hydrogens is 284 g/mol. The van der Waals surface area contributed by atoms with E-state index in [0.717, 1.165) is 42.9 Å². The van der Waals surface area contributed by atoms with Crippen molar-refractivity contribution in [3.05, 3.63) is 64.7 Å². The number of rotatable bonds is 5. The number of hydrogen-bond acceptors (Lipinski definition) is 2. The Kier molecular flexibility index (Phi) is 4.47. The van der Waals surface area contributed by atoms with Gasteiger partial charge in [-0.3, -0.25) is 0 Å². The molecule has 1 atom stereocenters. The van der Waals surface area contributed by atoms with Gasteiger partial charge in [0.25, 0.3) is 0 Å². The summed E-state index contributed by atoms with van der Waals surface area (Å²) in [4.78, 5) is 0. The molecule has 0 saturated heterocycles. The topological polar surface area (TPSA) is 18.5 Å². The molecule has 21 heavy (non-hydrogen) atoms. The van der Waals surface area contributed by atoms with Crippen molar-refractivity contribution in [1.29, 1.82) is 0 Å². The second-order valence-corrected chi connectivity index (χ2v) is 5.75. The van der Waals surface area contributed by atoms with Gasteiger partial charge < -0.3 is 9.47 Å². The molecule has 2 aromatic carbocycles. The van der Waals surface area contributed by atoms with Gasteiger partial charge in [0.2, 0.25) is 0 Å². The van der Waals surface area contributed by atoms with Gasteiger partial charge in [-0.05, 0) is 34.7 Å². The Morgan fingerprint density at radius 3 is 2.67 bits per heavy atom. The van der Waals surface area contributed by atoms with Gasteiger partial charge in [0, 0.05) is 13.5 Å². The molecule has 0 aliphatic carbocycles. The van der Waals surface area contributed by atoms with Gasteiger partial charge in [0.1, 0.15) is 5.75 Å². The number of hydrogen-bond donors (Lipinski definition) is 0. The molecule has 1 heterocycles. The van der Waals surface area contributed by atoms with E-state index in [4.69, 9.17) is 21.1 Å². The van der Waals surface area contributed by atoms with Gasteiger partial charge in [-0.15, -0.1) is 11.6 Å². The van der Waals surface area contributed by atoms with Crippen LogP contribution in [0.1, 0.15) is 27.6 Å². The lowest BCUT2D eigenvalue weighted by molar-refractivity contribution is 0.202. The van der Waals surface area contributed by atoms with Crippen LogP contribution in [0.2, 0.25) is 0 Å². The zero-order chi connectivity index (χ0) is 14.7. The molecule has 0 fully saturated rings. The summed E-state index contributed by atoms with van der Waals surface area (Å²) in [5, 5.41) is -0.118. The lowest BCUT2D eigenvalue weighted by Crippen LogP contribution is -1.97. The normalized spacial score (nSPS) is 14.6. The number of halogens is 1. The van der Waals surface area contributed by atoms with Crippen LogP contribution >= 0.6 is 11.6 Å². The van der Waals surface area contributed by atoms with E-state index in [9.17, 15) is 0 Å². The van der Waals surface area contributed by atoms with Crippen LogP contribution in [-0.2, 0) is 17.6 Å². The SMILES string of the molecule is COCCc1ccc(C(Cl)c2ccc3c(c2)CCO3)cc1. The molecule has 1 unspecified atom stereocenters.